The van der Waals surface area contributed by atoms with Gasteiger partial charge >= 0.3 is 0 Å². The third-order valence-corrected chi connectivity index (χ3v) is 2.71. The quantitative estimate of drug-likeness (QED) is 0.689. The Morgan fingerprint density at radius 1 is 1.08 bits per heavy atom. The van der Waals surface area contributed by atoms with Crippen LogP contribution in [0.3, 0.4) is 0 Å². The van der Waals surface area contributed by atoms with Gasteiger partial charge in [0.2, 0.25) is 0 Å². The predicted octanol–water partition coefficient (Wildman–Crippen LogP) is 2.29. The van der Waals surface area contributed by atoms with Gasteiger partial charge in [-0.3, -0.25) is 0 Å². The van der Waals surface area contributed by atoms with Crippen LogP contribution in [-0.2, 0) is 4.74 Å². The van der Waals surface area contributed by atoms with Gasteiger partial charge in [-0.25, -0.2) is 0 Å². The number of hydrogen-bond donors (Lipinski definition) is 1. The molecule has 1 N–H and O–H groups in total. The first-order chi connectivity index (χ1) is 5.99. The predicted molar refractivity (Wildman–Crippen MR) is 57.9 cm³/mol. The zero-order valence-corrected chi connectivity index (χ0v) is 9.92. The Morgan fingerprint density at radius 3 is 2.00 bits per heavy atom. The molecular weight excluding hydrogens is 162 g/mol. The van der Waals surface area contributed by atoms with Crippen LogP contribution in [0, 0.1) is 11.8 Å². The van der Waals surface area contributed by atoms with E-state index in [2.05, 4.69) is 39.9 Å². The number of rotatable bonds is 6. The highest BCUT2D eigenvalue weighted by atomic mass is 16.5. The molecule has 80 valence electrons. The molecule has 0 aliphatic rings. The van der Waals surface area contributed by atoms with Crippen molar-refractivity contribution in [2.75, 3.05) is 13.7 Å². The van der Waals surface area contributed by atoms with Crippen LogP contribution in [0.1, 0.15) is 34.6 Å². The van der Waals surface area contributed by atoms with E-state index in [9.17, 15) is 0 Å². The van der Waals surface area contributed by atoms with E-state index in [-0.39, 0.29) is 0 Å². The number of hydrogen-bond acceptors (Lipinski definition) is 2. The standard InChI is InChI=1S/C11H25NO/c1-8(2)12-11(5)10(4)9(3)7-13-6/h8-12H,7H2,1-6H3. The van der Waals surface area contributed by atoms with Gasteiger partial charge in [-0.05, 0) is 18.8 Å². The van der Waals surface area contributed by atoms with Crippen molar-refractivity contribution in [3.05, 3.63) is 0 Å². The lowest BCUT2D eigenvalue weighted by Crippen LogP contribution is -2.40. The lowest BCUT2D eigenvalue weighted by Gasteiger charge is -2.28. The summed E-state index contributed by atoms with van der Waals surface area (Å²) >= 11 is 0. The highest BCUT2D eigenvalue weighted by Gasteiger charge is 2.18. The maximum Gasteiger partial charge on any atom is 0.0490 e. The molecule has 0 fully saturated rings. The number of ether oxygens (including phenoxy) is 1. The maximum atomic E-state index is 5.15. The molecule has 0 saturated carbocycles. The first-order valence-corrected chi connectivity index (χ1v) is 5.24. The molecule has 0 aromatic rings. The van der Waals surface area contributed by atoms with Crippen molar-refractivity contribution in [1.82, 2.24) is 5.32 Å². The monoisotopic (exact) mass is 187 g/mol. The van der Waals surface area contributed by atoms with Crippen LogP contribution in [0.4, 0.5) is 0 Å². The van der Waals surface area contributed by atoms with E-state index < -0.39 is 0 Å². The van der Waals surface area contributed by atoms with E-state index in [0.29, 0.717) is 23.9 Å². The first-order valence-electron chi connectivity index (χ1n) is 5.24. The molecule has 0 bridgehead atoms. The van der Waals surface area contributed by atoms with E-state index in [1.807, 2.05) is 0 Å². The van der Waals surface area contributed by atoms with Gasteiger partial charge in [0.05, 0.1) is 0 Å². The number of methoxy groups -OCH3 is 1. The van der Waals surface area contributed by atoms with E-state index in [0.717, 1.165) is 6.61 Å². The van der Waals surface area contributed by atoms with Crippen molar-refractivity contribution in [1.29, 1.82) is 0 Å². The molecule has 0 aliphatic heterocycles. The highest BCUT2D eigenvalue weighted by Crippen LogP contribution is 2.15. The zero-order valence-electron chi connectivity index (χ0n) is 9.92. The Bertz CT molecular complexity index is 125. The summed E-state index contributed by atoms with van der Waals surface area (Å²) in [7, 11) is 1.77. The fraction of sp³-hybridized carbons (Fsp3) is 1.00. The molecule has 2 heteroatoms. The summed E-state index contributed by atoms with van der Waals surface area (Å²) in [5.74, 6) is 1.27. The van der Waals surface area contributed by atoms with Crippen molar-refractivity contribution in [2.24, 2.45) is 11.8 Å². The minimum absolute atomic E-state index is 0.560. The van der Waals surface area contributed by atoms with Crippen LogP contribution in [0.2, 0.25) is 0 Å². The van der Waals surface area contributed by atoms with Gasteiger partial charge in [-0.2, -0.15) is 0 Å². The second-order valence-electron chi connectivity index (χ2n) is 4.40. The average molecular weight is 187 g/mol. The minimum atomic E-state index is 0.560. The van der Waals surface area contributed by atoms with Crippen molar-refractivity contribution in [2.45, 2.75) is 46.7 Å². The molecule has 0 spiro atoms. The van der Waals surface area contributed by atoms with Gasteiger partial charge < -0.3 is 10.1 Å². The van der Waals surface area contributed by atoms with Crippen LogP contribution in [-0.4, -0.2) is 25.8 Å². The first kappa shape index (κ1) is 12.9. The van der Waals surface area contributed by atoms with E-state index in [4.69, 9.17) is 4.74 Å². The molecule has 13 heavy (non-hydrogen) atoms. The second kappa shape index (κ2) is 6.39. The largest absolute Gasteiger partial charge is 0.384 e. The van der Waals surface area contributed by atoms with Gasteiger partial charge in [0.15, 0.2) is 0 Å². The summed E-state index contributed by atoms with van der Waals surface area (Å²) in [6.07, 6.45) is 0. The summed E-state index contributed by atoms with van der Waals surface area (Å²) in [5, 5.41) is 3.53. The molecule has 0 radical (unpaired) electrons. The van der Waals surface area contributed by atoms with Gasteiger partial charge in [-0.15, -0.1) is 0 Å². The lowest BCUT2D eigenvalue weighted by atomic mass is 9.90. The third kappa shape index (κ3) is 5.27. The molecule has 0 amide bonds. The summed E-state index contributed by atoms with van der Waals surface area (Å²) in [4.78, 5) is 0. The Balaban J connectivity index is 3.85. The second-order valence-corrected chi connectivity index (χ2v) is 4.40. The van der Waals surface area contributed by atoms with Gasteiger partial charge in [0.1, 0.15) is 0 Å². The van der Waals surface area contributed by atoms with Crippen molar-refractivity contribution >= 4 is 0 Å². The van der Waals surface area contributed by atoms with Crippen LogP contribution in [0.25, 0.3) is 0 Å². The van der Waals surface area contributed by atoms with E-state index >= 15 is 0 Å². The van der Waals surface area contributed by atoms with E-state index in [1.54, 1.807) is 7.11 Å². The van der Waals surface area contributed by atoms with Gasteiger partial charge in [0.25, 0.3) is 0 Å². The summed E-state index contributed by atoms with van der Waals surface area (Å²) in [6.45, 7) is 12.0. The fourth-order valence-electron chi connectivity index (χ4n) is 1.59. The highest BCUT2D eigenvalue weighted by molar-refractivity contribution is 4.74. The fourth-order valence-corrected chi connectivity index (χ4v) is 1.59. The smallest absolute Gasteiger partial charge is 0.0490 e. The molecule has 0 aromatic heterocycles. The summed E-state index contributed by atoms with van der Waals surface area (Å²) < 4.78 is 5.15. The van der Waals surface area contributed by atoms with Crippen LogP contribution in [0.5, 0.6) is 0 Å². The van der Waals surface area contributed by atoms with Crippen LogP contribution < -0.4 is 5.32 Å². The Kier molecular flexibility index (Phi) is 6.35. The Hall–Kier alpha value is -0.0800. The molecule has 3 atom stereocenters. The van der Waals surface area contributed by atoms with Crippen molar-refractivity contribution in [3.8, 4) is 0 Å². The molecule has 0 saturated heterocycles. The molecule has 3 unspecified atom stereocenters. The number of nitrogens with one attached hydrogen (secondary N) is 1. The Morgan fingerprint density at radius 2 is 1.62 bits per heavy atom. The molecule has 2 nitrogen and oxygen atoms in total. The SMILES string of the molecule is COCC(C)C(C)C(C)NC(C)C. The topological polar surface area (TPSA) is 21.3 Å². The van der Waals surface area contributed by atoms with E-state index in [1.165, 1.54) is 0 Å². The van der Waals surface area contributed by atoms with Crippen LogP contribution >= 0.6 is 0 Å². The molecule has 0 aliphatic carbocycles. The third-order valence-electron chi connectivity index (χ3n) is 2.71. The van der Waals surface area contributed by atoms with Gasteiger partial charge in [-0.1, -0.05) is 27.7 Å². The molecule has 0 rings (SSSR count). The molecule has 0 aromatic carbocycles. The van der Waals surface area contributed by atoms with Gasteiger partial charge in [0, 0.05) is 25.8 Å². The van der Waals surface area contributed by atoms with Crippen molar-refractivity contribution < 1.29 is 4.74 Å². The summed E-state index contributed by atoms with van der Waals surface area (Å²) in [5.41, 5.74) is 0. The molecular formula is C11H25NO. The molecule has 0 heterocycles. The maximum absolute atomic E-state index is 5.15. The summed E-state index contributed by atoms with van der Waals surface area (Å²) in [6, 6.07) is 1.12. The zero-order chi connectivity index (χ0) is 10.4. The normalized spacial score (nSPS) is 18.7. The average Bonchev–Trinajstić information content (AvgIpc) is 2.02. The van der Waals surface area contributed by atoms with Crippen molar-refractivity contribution in [3.63, 3.8) is 0 Å². The lowest BCUT2D eigenvalue weighted by molar-refractivity contribution is 0.121. The minimum Gasteiger partial charge on any atom is -0.384 e. The Labute approximate surface area is 83.1 Å². The van der Waals surface area contributed by atoms with Crippen LogP contribution in [0.15, 0.2) is 0 Å².